The van der Waals surface area contributed by atoms with Gasteiger partial charge in [0.1, 0.15) is 11.5 Å². The van der Waals surface area contributed by atoms with Gasteiger partial charge in [-0.2, -0.15) is 4.31 Å². The van der Waals surface area contributed by atoms with Crippen LogP contribution in [0.4, 0.5) is 0 Å². The molecule has 0 fully saturated rings. The molecular formula is C24H27N3O5S. The van der Waals surface area contributed by atoms with Gasteiger partial charge >= 0.3 is 0 Å². The minimum Gasteiger partial charge on any atom is -0.497 e. The number of nitrogens with zero attached hydrogens (tertiary/aromatic N) is 2. The van der Waals surface area contributed by atoms with Crippen LogP contribution in [0.2, 0.25) is 0 Å². The lowest BCUT2D eigenvalue weighted by Crippen LogP contribution is -2.33. The predicted molar refractivity (Wildman–Crippen MR) is 125 cm³/mol. The normalized spacial score (nSPS) is 11.5. The van der Waals surface area contributed by atoms with Gasteiger partial charge in [-0.1, -0.05) is 12.1 Å². The van der Waals surface area contributed by atoms with Crippen LogP contribution in [0.1, 0.15) is 29.8 Å². The van der Waals surface area contributed by atoms with Crippen LogP contribution in [0.5, 0.6) is 17.4 Å². The fourth-order valence-corrected chi connectivity index (χ4v) is 4.24. The third-order valence-electron chi connectivity index (χ3n) is 5.04. The number of aromatic nitrogens is 1. The number of pyridine rings is 1. The number of amides is 1. The number of hydrogen-bond donors (Lipinski definition) is 1. The molecule has 8 nitrogen and oxygen atoms in total. The molecule has 1 aromatic heterocycles. The average molecular weight is 470 g/mol. The van der Waals surface area contributed by atoms with E-state index in [9.17, 15) is 13.2 Å². The molecule has 0 atom stereocenters. The van der Waals surface area contributed by atoms with Crippen molar-refractivity contribution in [3.8, 4) is 17.4 Å². The second kappa shape index (κ2) is 10.5. The van der Waals surface area contributed by atoms with Crippen molar-refractivity contribution in [2.24, 2.45) is 0 Å². The number of ether oxygens (including phenoxy) is 2. The summed E-state index contributed by atoms with van der Waals surface area (Å²) >= 11 is 0. The SMILES string of the molecule is COc1cccc(Oc2ccc(CNC(=O)c3ccc(S(=O)(=O)N(C)C(C)C)cc3)cn2)c1. The monoisotopic (exact) mass is 469 g/mol. The molecule has 0 unspecified atom stereocenters. The van der Waals surface area contributed by atoms with Crippen LogP contribution in [0.3, 0.4) is 0 Å². The Hall–Kier alpha value is -3.43. The van der Waals surface area contributed by atoms with E-state index < -0.39 is 10.0 Å². The summed E-state index contributed by atoms with van der Waals surface area (Å²) in [5.74, 6) is 1.40. The van der Waals surface area contributed by atoms with Crippen LogP contribution in [0.15, 0.2) is 71.8 Å². The molecule has 2 aromatic carbocycles. The Morgan fingerprint density at radius 2 is 1.76 bits per heavy atom. The lowest BCUT2D eigenvalue weighted by molar-refractivity contribution is 0.0950. The Bertz CT molecular complexity index is 1190. The molecule has 0 saturated carbocycles. The molecule has 33 heavy (non-hydrogen) atoms. The van der Waals surface area contributed by atoms with E-state index in [1.54, 1.807) is 51.4 Å². The quantitative estimate of drug-likeness (QED) is 0.511. The van der Waals surface area contributed by atoms with E-state index in [1.165, 1.54) is 35.6 Å². The Morgan fingerprint density at radius 3 is 2.36 bits per heavy atom. The van der Waals surface area contributed by atoms with Crippen LogP contribution < -0.4 is 14.8 Å². The first-order chi connectivity index (χ1) is 15.7. The summed E-state index contributed by atoms with van der Waals surface area (Å²) in [5, 5.41) is 2.80. The van der Waals surface area contributed by atoms with Crippen molar-refractivity contribution in [3.63, 3.8) is 0 Å². The van der Waals surface area contributed by atoms with E-state index in [1.807, 2.05) is 12.1 Å². The fourth-order valence-electron chi connectivity index (χ4n) is 2.87. The first kappa shape index (κ1) is 24.2. The van der Waals surface area contributed by atoms with Crippen molar-refractivity contribution in [1.29, 1.82) is 0 Å². The van der Waals surface area contributed by atoms with Gasteiger partial charge in [0.15, 0.2) is 0 Å². The Balaban J connectivity index is 1.58. The van der Waals surface area contributed by atoms with E-state index in [2.05, 4.69) is 10.3 Å². The molecule has 0 saturated heterocycles. The van der Waals surface area contributed by atoms with Crippen LogP contribution in [-0.4, -0.2) is 43.8 Å². The number of hydrogen-bond acceptors (Lipinski definition) is 6. The number of benzene rings is 2. The number of carbonyl (C=O) groups is 1. The average Bonchev–Trinajstić information content (AvgIpc) is 2.83. The fraction of sp³-hybridized carbons (Fsp3) is 0.250. The van der Waals surface area contributed by atoms with E-state index in [0.29, 0.717) is 22.9 Å². The van der Waals surface area contributed by atoms with Crippen molar-refractivity contribution in [2.75, 3.05) is 14.2 Å². The number of nitrogens with one attached hydrogen (secondary N) is 1. The van der Waals surface area contributed by atoms with Crippen molar-refractivity contribution < 1.29 is 22.7 Å². The second-order valence-corrected chi connectivity index (χ2v) is 9.61. The van der Waals surface area contributed by atoms with E-state index in [0.717, 1.165) is 5.56 Å². The minimum atomic E-state index is -3.59. The molecular weight excluding hydrogens is 442 g/mol. The maximum atomic E-state index is 12.5. The number of methoxy groups -OCH3 is 1. The highest BCUT2D eigenvalue weighted by Crippen LogP contribution is 2.24. The summed E-state index contributed by atoms with van der Waals surface area (Å²) in [7, 11) is -0.477. The first-order valence-corrected chi connectivity index (χ1v) is 11.8. The van der Waals surface area contributed by atoms with Gasteiger partial charge in [-0.05, 0) is 55.8 Å². The maximum absolute atomic E-state index is 12.5. The summed E-state index contributed by atoms with van der Waals surface area (Å²) < 4.78 is 37.3. The lowest BCUT2D eigenvalue weighted by atomic mass is 10.2. The lowest BCUT2D eigenvalue weighted by Gasteiger charge is -2.21. The Morgan fingerprint density at radius 1 is 1.06 bits per heavy atom. The zero-order chi connectivity index (χ0) is 24.0. The van der Waals surface area contributed by atoms with Crippen molar-refractivity contribution >= 4 is 15.9 Å². The van der Waals surface area contributed by atoms with Crippen LogP contribution >= 0.6 is 0 Å². The van der Waals surface area contributed by atoms with Crippen molar-refractivity contribution in [2.45, 2.75) is 31.3 Å². The van der Waals surface area contributed by atoms with E-state index in [-0.39, 0.29) is 23.4 Å². The zero-order valence-electron chi connectivity index (χ0n) is 19.0. The molecule has 0 spiro atoms. The highest BCUT2D eigenvalue weighted by Gasteiger charge is 2.23. The van der Waals surface area contributed by atoms with Gasteiger partial charge < -0.3 is 14.8 Å². The Labute approximate surface area is 194 Å². The molecule has 9 heteroatoms. The van der Waals surface area contributed by atoms with Gasteiger partial charge in [0.2, 0.25) is 15.9 Å². The van der Waals surface area contributed by atoms with Crippen molar-refractivity contribution in [1.82, 2.24) is 14.6 Å². The molecule has 3 aromatic rings. The Kier molecular flexibility index (Phi) is 7.67. The second-order valence-electron chi connectivity index (χ2n) is 7.61. The molecule has 3 rings (SSSR count). The third kappa shape index (κ3) is 6.09. The highest BCUT2D eigenvalue weighted by atomic mass is 32.2. The van der Waals surface area contributed by atoms with Gasteiger partial charge in [-0.3, -0.25) is 4.79 Å². The standard InChI is InChI=1S/C24H27N3O5S/c1-17(2)27(3)33(29,30)22-11-9-19(10-12-22)24(28)26-16-18-8-13-23(25-15-18)32-21-7-5-6-20(14-21)31-4/h5-15,17H,16H2,1-4H3,(H,26,28). The molecule has 0 aliphatic carbocycles. The van der Waals surface area contributed by atoms with E-state index in [4.69, 9.17) is 9.47 Å². The predicted octanol–water partition coefficient (Wildman–Crippen LogP) is 3.84. The van der Waals surface area contributed by atoms with Crippen LogP contribution in [-0.2, 0) is 16.6 Å². The van der Waals surface area contributed by atoms with Gasteiger partial charge in [0.05, 0.1) is 12.0 Å². The molecule has 0 aliphatic rings. The smallest absolute Gasteiger partial charge is 0.251 e. The molecule has 1 N–H and O–H groups in total. The zero-order valence-corrected chi connectivity index (χ0v) is 19.8. The minimum absolute atomic E-state index is 0.145. The summed E-state index contributed by atoms with van der Waals surface area (Å²) in [6.45, 7) is 3.86. The summed E-state index contributed by atoms with van der Waals surface area (Å²) in [4.78, 5) is 16.9. The number of carbonyl (C=O) groups excluding carboxylic acids is 1. The summed E-state index contributed by atoms with van der Waals surface area (Å²) in [6.07, 6.45) is 1.62. The molecule has 0 radical (unpaired) electrons. The van der Waals surface area contributed by atoms with Gasteiger partial charge in [0.25, 0.3) is 5.91 Å². The van der Waals surface area contributed by atoms with Crippen LogP contribution in [0, 0.1) is 0 Å². The van der Waals surface area contributed by atoms with Crippen LogP contribution in [0.25, 0.3) is 0 Å². The molecule has 0 bridgehead atoms. The molecule has 174 valence electrons. The molecule has 0 aliphatic heterocycles. The number of sulfonamides is 1. The first-order valence-electron chi connectivity index (χ1n) is 10.3. The van der Waals surface area contributed by atoms with Crippen molar-refractivity contribution in [3.05, 3.63) is 78.0 Å². The van der Waals surface area contributed by atoms with Gasteiger partial charge in [0, 0.05) is 43.5 Å². The molecule has 1 amide bonds. The summed E-state index contributed by atoms with van der Waals surface area (Å²) in [5.41, 5.74) is 1.16. The maximum Gasteiger partial charge on any atom is 0.251 e. The largest absolute Gasteiger partial charge is 0.497 e. The highest BCUT2D eigenvalue weighted by molar-refractivity contribution is 7.89. The van der Waals surface area contributed by atoms with Gasteiger partial charge in [-0.15, -0.1) is 0 Å². The topological polar surface area (TPSA) is 97.8 Å². The third-order valence-corrected chi connectivity index (χ3v) is 7.08. The number of rotatable bonds is 9. The summed E-state index contributed by atoms with van der Waals surface area (Å²) in [6, 6.07) is 16.4. The van der Waals surface area contributed by atoms with Gasteiger partial charge in [-0.25, -0.2) is 13.4 Å². The van der Waals surface area contributed by atoms with E-state index >= 15 is 0 Å². The molecule has 1 heterocycles.